The fourth-order valence-electron chi connectivity index (χ4n) is 2.86. The average molecular weight is 389 g/mol. The van der Waals surface area contributed by atoms with Crippen LogP contribution >= 0.6 is 0 Å². The van der Waals surface area contributed by atoms with E-state index in [0.29, 0.717) is 22.6 Å². The van der Waals surface area contributed by atoms with E-state index in [4.69, 9.17) is 14.7 Å². The van der Waals surface area contributed by atoms with Gasteiger partial charge in [0.15, 0.2) is 6.61 Å². The fraction of sp³-hybridized carbons (Fsp3) is 0.182. The Hall–Kier alpha value is -3.92. The minimum Gasteiger partial charge on any atom is -0.497 e. The molecular formula is C22H19N3O4. The molecule has 7 heteroatoms. The highest BCUT2D eigenvalue weighted by Gasteiger charge is 2.19. The molecule has 0 bridgehead atoms. The number of amides is 1. The molecule has 0 fully saturated rings. The van der Waals surface area contributed by atoms with E-state index in [9.17, 15) is 9.59 Å². The van der Waals surface area contributed by atoms with Gasteiger partial charge in [-0.25, -0.2) is 4.79 Å². The topological polar surface area (TPSA) is 92.5 Å². The van der Waals surface area contributed by atoms with Crippen LogP contribution in [0.15, 0.2) is 54.6 Å². The van der Waals surface area contributed by atoms with E-state index < -0.39 is 18.5 Å². The first kappa shape index (κ1) is 19.8. The summed E-state index contributed by atoms with van der Waals surface area (Å²) in [6.07, 6.45) is 0. The Balaban J connectivity index is 1.75. The Bertz CT molecular complexity index is 1090. The number of carbonyl (C=O) groups excluding carboxylic acids is 2. The summed E-state index contributed by atoms with van der Waals surface area (Å²) in [7, 11) is 1.57. The van der Waals surface area contributed by atoms with Gasteiger partial charge in [-0.15, -0.1) is 0 Å². The third-order valence-corrected chi connectivity index (χ3v) is 4.36. The van der Waals surface area contributed by atoms with E-state index in [1.54, 1.807) is 62.6 Å². The van der Waals surface area contributed by atoms with E-state index in [-0.39, 0.29) is 12.1 Å². The summed E-state index contributed by atoms with van der Waals surface area (Å²) < 4.78 is 10.4. The number of benzene rings is 2. The summed E-state index contributed by atoms with van der Waals surface area (Å²) in [5, 5.41) is 9.76. The number of pyridine rings is 1. The Morgan fingerprint density at radius 2 is 1.90 bits per heavy atom. The molecule has 0 aliphatic rings. The van der Waals surface area contributed by atoms with Crippen LogP contribution in [-0.4, -0.2) is 37.1 Å². The number of nitriles is 1. The minimum absolute atomic E-state index is 0.140. The predicted molar refractivity (Wildman–Crippen MR) is 108 cm³/mol. The number of aromatic nitrogens is 1. The highest BCUT2D eigenvalue weighted by molar-refractivity contribution is 5.99. The number of esters is 1. The smallest absolute Gasteiger partial charge is 0.340 e. The number of para-hydroxylation sites is 1. The molecule has 0 spiro atoms. The molecule has 2 aromatic carbocycles. The molecule has 1 heterocycles. The van der Waals surface area contributed by atoms with E-state index in [0.717, 1.165) is 5.39 Å². The van der Waals surface area contributed by atoms with Crippen molar-refractivity contribution in [2.45, 2.75) is 6.92 Å². The quantitative estimate of drug-likeness (QED) is 0.475. The Morgan fingerprint density at radius 3 is 2.59 bits per heavy atom. The summed E-state index contributed by atoms with van der Waals surface area (Å²) >= 11 is 0. The zero-order valence-electron chi connectivity index (χ0n) is 16.1. The second-order valence-corrected chi connectivity index (χ2v) is 6.23. The molecule has 146 valence electrons. The van der Waals surface area contributed by atoms with Crippen molar-refractivity contribution in [1.82, 2.24) is 4.98 Å². The van der Waals surface area contributed by atoms with Gasteiger partial charge in [-0.2, -0.15) is 5.26 Å². The van der Waals surface area contributed by atoms with E-state index in [2.05, 4.69) is 4.98 Å². The van der Waals surface area contributed by atoms with E-state index in [1.807, 2.05) is 12.1 Å². The third kappa shape index (κ3) is 4.50. The molecule has 0 radical (unpaired) electrons. The Labute approximate surface area is 168 Å². The lowest BCUT2D eigenvalue weighted by atomic mass is 10.1. The van der Waals surface area contributed by atoms with Crippen LogP contribution in [0.3, 0.4) is 0 Å². The van der Waals surface area contributed by atoms with Crippen molar-refractivity contribution in [2.75, 3.05) is 25.2 Å². The first-order chi connectivity index (χ1) is 14.0. The van der Waals surface area contributed by atoms with Gasteiger partial charge in [0.1, 0.15) is 12.3 Å². The first-order valence-electron chi connectivity index (χ1n) is 8.88. The molecule has 3 rings (SSSR count). The normalized spacial score (nSPS) is 10.2. The number of anilines is 1. The van der Waals surface area contributed by atoms with Crippen LogP contribution in [0.1, 0.15) is 16.1 Å². The molecular weight excluding hydrogens is 370 g/mol. The van der Waals surface area contributed by atoms with Crippen LogP contribution in [0.5, 0.6) is 5.75 Å². The maximum Gasteiger partial charge on any atom is 0.340 e. The van der Waals surface area contributed by atoms with Crippen molar-refractivity contribution >= 4 is 28.5 Å². The van der Waals surface area contributed by atoms with Gasteiger partial charge in [-0.05, 0) is 37.3 Å². The summed E-state index contributed by atoms with van der Waals surface area (Å²) in [6.45, 7) is 1.08. The van der Waals surface area contributed by atoms with Crippen molar-refractivity contribution < 1.29 is 19.1 Å². The van der Waals surface area contributed by atoms with Crippen LogP contribution in [0.4, 0.5) is 5.69 Å². The summed E-state index contributed by atoms with van der Waals surface area (Å²) in [4.78, 5) is 30.7. The molecule has 0 N–H and O–H groups in total. The van der Waals surface area contributed by atoms with Crippen molar-refractivity contribution in [1.29, 1.82) is 5.26 Å². The van der Waals surface area contributed by atoms with Crippen molar-refractivity contribution in [2.24, 2.45) is 0 Å². The van der Waals surface area contributed by atoms with Gasteiger partial charge >= 0.3 is 5.97 Å². The number of carbonyl (C=O) groups is 2. The maximum absolute atomic E-state index is 12.5. The lowest BCUT2D eigenvalue weighted by molar-refractivity contribution is -0.121. The molecule has 3 aromatic rings. The number of hydrogen-bond donors (Lipinski definition) is 0. The van der Waals surface area contributed by atoms with E-state index in [1.165, 1.54) is 4.90 Å². The first-order valence-corrected chi connectivity index (χ1v) is 8.88. The number of aryl methyl sites for hydroxylation is 1. The van der Waals surface area contributed by atoms with Crippen molar-refractivity contribution in [3.8, 4) is 11.8 Å². The highest BCUT2D eigenvalue weighted by atomic mass is 16.5. The highest BCUT2D eigenvalue weighted by Crippen LogP contribution is 2.22. The number of hydrogen-bond acceptors (Lipinski definition) is 6. The van der Waals surface area contributed by atoms with Gasteiger partial charge in [0.05, 0.1) is 30.0 Å². The zero-order chi connectivity index (χ0) is 20.8. The standard InChI is InChI=1S/C22H19N3O4/c1-15-19(12-16-8-9-18(28-2)13-20(16)24-15)22(27)29-14-21(26)25(11-10-23)17-6-4-3-5-7-17/h3-9,12-13H,11,14H2,1-2H3. The van der Waals surface area contributed by atoms with Crippen LogP contribution in [0.2, 0.25) is 0 Å². The van der Waals surface area contributed by atoms with Gasteiger partial charge in [0.25, 0.3) is 5.91 Å². The van der Waals surface area contributed by atoms with Gasteiger partial charge in [-0.1, -0.05) is 18.2 Å². The molecule has 0 aliphatic carbocycles. The lowest BCUT2D eigenvalue weighted by Gasteiger charge is -2.19. The minimum atomic E-state index is -0.647. The molecule has 29 heavy (non-hydrogen) atoms. The SMILES string of the molecule is COc1ccc2cc(C(=O)OCC(=O)N(CC#N)c3ccccc3)c(C)nc2c1. The molecule has 7 nitrogen and oxygen atoms in total. The van der Waals surface area contributed by atoms with Crippen molar-refractivity contribution in [3.05, 3.63) is 65.9 Å². The summed E-state index contributed by atoms with van der Waals surface area (Å²) in [6, 6.07) is 17.7. The zero-order valence-corrected chi connectivity index (χ0v) is 16.1. The maximum atomic E-state index is 12.5. The molecule has 0 atom stereocenters. The number of ether oxygens (including phenoxy) is 2. The van der Waals surface area contributed by atoms with Gasteiger partial charge < -0.3 is 9.47 Å². The number of rotatable bonds is 6. The average Bonchev–Trinajstić information content (AvgIpc) is 2.75. The fourth-order valence-corrected chi connectivity index (χ4v) is 2.86. The summed E-state index contributed by atoms with van der Waals surface area (Å²) in [5.41, 5.74) is 2.02. The van der Waals surface area contributed by atoms with Crippen LogP contribution in [0, 0.1) is 18.3 Å². The number of fused-ring (bicyclic) bond motifs is 1. The predicted octanol–water partition coefficient (Wildman–Crippen LogP) is 3.27. The molecule has 1 amide bonds. The van der Waals surface area contributed by atoms with Crippen LogP contribution in [-0.2, 0) is 9.53 Å². The number of nitrogens with zero attached hydrogens (tertiary/aromatic N) is 3. The largest absolute Gasteiger partial charge is 0.497 e. The molecule has 0 saturated heterocycles. The van der Waals surface area contributed by atoms with Crippen molar-refractivity contribution in [3.63, 3.8) is 0 Å². The third-order valence-electron chi connectivity index (χ3n) is 4.36. The van der Waals surface area contributed by atoms with Gasteiger partial charge in [0, 0.05) is 17.1 Å². The van der Waals surface area contributed by atoms with Crippen LogP contribution < -0.4 is 9.64 Å². The van der Waals surface area contributed by atoms with Gasteiger partial charge in [0.2, 0.25) is 0 Å². The van der Waals surface area contributed by atoms with Crippen LogP contribution in [0.25, 0.3) is 10.9 Å². The van der Waals surface area contributed by atoms with E-state index >= 15 is 0 Å². The Kier molecular flexibility index (Phi) is 6.05. The second kappa shape index (κ2) is 8.85. The second-order valence-electron chi connectivity index (χ2n) is 6.23. The molecule has 1 aromatic heterocycles. The van der Waals surface area contributed by atoms with Gasteiger partial charge in [-0.3, -0.25) is 14.7 Å². The molecule has 0 aliphatic heterocycles. The lowest BCUT2D eigenvalue weighted by Crippen LogP contribution is -2.35. The molecule has 0 unspecified atom stereocenters. The Morgan fingerprint density at radius 1 is 1.14 bits per heavy atom. The summed E-state index contributed by atoms with van der Waals surface area (Å²) in [5.74, 6) is -0.461. The molecule has 0 saturated carbocycles. The monoisotopic (exact) mass is 389 g/mol. The number of methoxy groups -OCH3 is 1.